The number of oxazole rings is 1. The summed E-state index contributed by atoms with van der Waals surface area (Å²) in [5, 5.41) is 9.35. The molecule has 1 aliphatic carbocycles. The molecule has 0 amide bonds. The first-order valence-corrected chi connectivity index (χ1v) is 8.07. The average molecular weight is 293 g/mol. The minimum atomic E-state index is 0.327. The van der Waals surface area contributed by atoms with Crippen molar-refractivity contribution in [3.8, 4) is 6.07 Å². The van der Waals surface area contributed by atoms with Crippen molar-refractivity contribution in [3.63, 3.8) is 0 Å². The molecule has 1 aliphatic heterocycles. The summed E-state index contributed by atoms with van der Waals surface area (Å²) in [5.41, 5.74) is 1.79. The SMILES string of the molecule is N#Cc1nc([C@H]2C[C@@H]2c2ccccc2)oc1N1CCCCC1. The molecule has 2 aromatic rings. The molecule has 1 aromatic carbocycles. The lowest BCUT2D eigenvalue weighted by molar-refractivity contribution is 0.463. The lowest BCUT2D eigenvalue weighted by atomic mass is 10.1. The molecule has 22 heavy (non-hydrogen) atoms. The highest BCUT2D eigenvalue weighted by Gasteiger charge is 2.44. The van der Waals surface area contributed by atoms with Crippen molar-refractivity contribution in [1.82, 2.24) is 4.98 Å². The minimum absolute atomic E-state index is 0.327. The van der Waals surface area contributed by atoms with Gasteiger partial charge in [0.25, 0.3) is 0 Å². The van der Waals surface area contributed by atoms with Gasteiger partial charge in [-0.1, -0.05) is 30.3 Å². The Morgan fingerprint density at radius 3 is 2.59 bits per heavy atom. The fourth-order valence-corrected chi connectivity index (χ4v) is 3.41. The molecular weight excluding hydrogens is 274 g/mol. The summed E-state index contributed by atoms with van der Waals surface area (Å²) in [6.45, 7) is 1.94. The Balaban J connectivity index is 1.57. The first-order chi connectivity index (χ1) is 10.9. The van der Waals surface area contributed by atoms with Crippen molar-refractivity contribution >= 4 is 5.88 Å². The molecule has 112 valence electrons. The van der Waals surface area contributed by atoms with Gasteiger partial charge in [-0.15, -0.1) is 0 Å². The number of nitrogens with zero attached hydrogens (tertiary/aromatic N) is 3. The van der Waals surface area contributed by atoms with Gasteiger partial charge < -0.3 is 9.32 Å². The van der Waals surface area contributed by atoms with Crippen LogP contribution in [0.15, 0.2) is 34.7 Å². The Bertz CT molecular complexity index is 695. The molecule has 2 heterocycles. The van der Waals surface area contributed by atoms with Crippen molar-refractivity contribution in [2.24, 2.45) is 0 Å². The second-order valence-corrected chi connectivity index (χ2v) is 6.22. The summed E-state index contributed by atoms with van der Waals surface area (Å²) in [6, 6.07) is 12.7. The highest BCUT2D eigenvalue weighted by molar-refractivity contribution is 5.49. The molecule has 4 nitrogen and oxygen atoms in total. The Morgan fingerprint density at radius 2 is 1.86 bits per heavy atom. The number of rotatable bonds is 3. The molecule has 0 bridgehead atoms. The Kier molecular flexibility index (Phi) is 3.34. The summed E-state index contributed by atoms with van der Waals surface area (Å²) < 4.78 is 6.01. The predicted molar refractivity (Wildman–Crippen MR) is 83.8 cm³/mol. The van der Waals surface area contributed by atoms with E-state index < -0.39 is 0 Å². The highest BCUT2D eigenvalue weighted by Crippen LogP contribution is 2.54. The maximum Gasteiger partial charge on any atom is 0.234 e. The van der Waals surface area contributed by atoms with Gasteiger partial charge >= 0.3 is 0 Å². The van der Waals surface area contributed by atoms with Gasteiger partial charge in [0, 0.05) is 19.0 Å². The van der Waals surface area contributed by atoms with Crippen LogP contribution in [-0.4, -0.2) is 18.1 Å². The number of piperidine rings is 1. The van der Waals surface area contributed by atoms with Gasteiger partial charge in [-0.05, 0) is 37.2 Å². The molecule has 0 spiro atoms. The van der Waals surface area contributed by atoms with E-state index in [0.29, 0.717) is 23.4 Å². The number of aromatic nitrogens is 1. The summed E-state index contributed by atoms with van der Waals surface area (Å²) in [5.74, 6) is 2.25. The zero-order valence-corrected chi connectivity index (χ0v) is 12.5. The fraction of sp³-hybridized carbons (Fsp3) is 0.444. The van der Waals surface area contributed by atoms with Gasteiger partial charge in [-0.25, -0.2) is 4.98 Å². The van der Waals surface area contributed by atoms with E-state index in [4.69, 9.17) is 4.42 Å². The molecule has 0 unspecified atom stereocenters. The monoisotopic (exact) mass is 293 g/mol. The Labute approximate surface area is 130 Å². The Morgan fingerprint density at radius 1 is 1.09 bits per heavy atom. The third-order valence-electron chi connectivity index (χ3n) is 4.71. The number of hydrogen-bond donors (Lipinski definition) is 0. The van der Waals surface area contributed by atoms with E-state index in [1.807, 2.05) is 6.07 Å². The first kappa shape index (κ1) is 13.4. The van der Waals surface area contributed by atoms with Crippen molar-refractivity contribution in [3.05, 3.63) is 47.5 Å². The van der Waals surface area contributed by atoms with E-state index >= 15 is 0 Å². The van der Waals surface area contributed by atoms with Crippen LogP contribution in [-0.2, 0) is 0 Å². The van der Waals surface area contributed by atoms with E-state index in [1.54, 1.807) is 0 Å². The highest BCUT2D eigenvalue weighted by atomic mass is 16.4. The topological polar surface area (TPSA) is 53.1 Å². The van der Waals surface area contributed by atoms with Crippen LogP contribution in [0.25, 0.3) is 0 Å². The second kappa shape index (κ2) is 5.49. The third-order valence-corrected chi connectivity index (χ3v) is 4.71. The zero-order valence-electron chi connectivity index (χ0n) is 12.5. The number of nitriles is 1. The molecule has 0 N–H and O–H groups in total. The largest absolute Gasteiger partial charge is 0.423 e. The van der Waals surface area contributed by atoms with E-state index in [0.717, 1.165) is 38.2 Å². The van der Waals surface area contributed by atoms with E-state index in [2.05, 4.69) is 40.2 Å². The zero-order chi connectivity index (χ0) is 14.9. The molecular formula is C18H19N3O. The molecule has 0 radical (unpaired) electrons. The third kappa shape index (κ3) is 2.37. The van der Waals surface area contributed by atoms with E-state index in [-0.39, 0.29) is 0 Å². The summed E-state index contributed by atoms with van der Waals surface area (Å²) in [6.07, 6.45) is 4.65. The van der Waals surface area contributed by atoms with Gasteiger partial charge in [0.05, 0.1) is 0 Å². The lowest BCUT2D eigenvalue weighted by Crippen LogP contribution is -2.29. The first-order valence-electron chi connectivity index (χ1n) is 8.07. The van der Waals surface area contributed by atoms with Crippen LogP contribution in [0.2, 0.25) is 0 Å². The van der Waals surface area contributed by atoms with Crippen LogP contribution in [0.3, 0.4) is 0 Å². The molecule has 2 aliphatic rings. The van der Waals surface area contributed by atoms with Crippen LogP contribution in [0, 0.1) is 11.3 Å². The maximum absolute atomic E-state index is 9.35. The number of hydrogen-bond acceptors (Lipinski definition) is 4. The van der Waals surface area contributed by atoms with Crippen LogP contribution >= 0.6 is 0 Å². The van der Waals surface area contributed by atoms with Crippen LogP contribution in [0.1, 0.15) is 54.7 Å². The molecule has 4 rings (SSSR count). The van der Waals surface area contributed by atoms with Crippen molar-refractivity contribution in [2.45, 2.75) is 37.5 Å². The van der Waals surface area contributed by atoms with E-state index in [9.17, 15) is 5.26 Å². The van der Waals surface area contributed by atoms with Crippen molar-refractivity contribution in [2.75, 3.05) is 18.0 Å². The smallest absolute Gasteiger partial charge is 0.234 e. The standard InChI is InChI=1S/C18H19N3O/c19-12-16-18(21-9-5-2-6-10-21)22-17(20-16)15-11-14(15)13-7-3-1-4-8-13/h1,3-4,7-8,14-15H,2,5-6,9-11H2/t14-,15+/m1/s1. The van der Waals surface area contributed by atoms with Crippen LogP contribution in [0.5, 0.6) is 0 Å². The summed E-state index contributed by atoms with van der Waals surface area (Å²) in [4.78, 5) is 6.65. The van der Waals surface area contributed by atoms with Gasteiger partial charge in [-0.3, -0.25) is 0 Å². The van der Waals surface area contributed by atoms with Crippen LogP contribution < -0.4 is 4.90 Å². The maximum atomic E-state index is 9.35. The van der Waals surface area contributed by atoms with Gasteiger partial charge in [0.1, 0.15) is 6.07 Å². The fourth-order valence-electron chi connectivity index (χ4n) is 3.41. The minimum Gasteiger partial charge on any atom is -0.423 e. The quantitative estimate of drug-likeness (QED) is 0.863. The van der Waals surface area contributed by atoms with Crippen LogP contribution in [0.4, 0.5) is 5.88 Å². The molecule has 2 atom stereocenters. The normalized spacial score (nSPS) is 24.0. The predicted octanol–water partition coefficient (Wildman–Crippen LogP) is 3.81. The average Bonchev–Trinajstić information content (AvgIpc) is 3.28. The van der Waals surface area contributed by atoms with E-state index in [1.165, 1.54) is 12.0 Å². The van der Waals surface area contributed by atoms with Gasteiger partial charge in [-0.2, -0.15) is 5.26 Å². The van der Waals surface area contributed by atoms with Gasteiger partial charge in [0.15, 0.2) is 0 Å². The number of anilines is 1. The summed E-state index contributed by atoms with van der Waals surface area (Å²) in [7, 11) is 0. The lowest BCUT2D eigenvalue weighted by Gasteiger charge is -2.25. The van der Waals surface area contributed by atoms with Crippen molar-refractivity contribution in [1.29, 1.82) is 5.26 Å². The molecule has 1 saturated carbocycles. The van der Waals surface area contributed by atoms with Crippen molar-refractivity contribution < 1.29 is 4.42 Å². The molecule has 4 heteroatoms. The van der Waals surface area contributed by atoms with Gasteiger partial charge in [0.2, 0.25) is 17.5 Å². The second-order valence-electron chi connectivity index (χ2n) is 6.22. The molecule has 1 aromatic heterocycles. The molecule has 2 fully saturated rings. The molecule has 1 saturated heterocycles. The Hall–Kier alpha value is -2.28. The number of benzene rings is 1. The summed E-state index contributed by atoms with van der Waals surface area (Å²) >= 11 is 0.